The predicted octanol–water partition coefficient (Wildman–Crippen LogP) is 2.41. The summed E-state index contributed by atoms with van der Waals surface area (Å²) in [6.45, 7) is 0. The lowest BCUT2D eigenvalue weighted by Crippen LogP contribution is -1.86. The standard InChI is InChI=1S/C8H4ClFN2/c9-6-4-7(10)8(12-5-6)2-1-3-11/h1-2,4-5H. The van der Waals surface area contributed by atoms with Crippen LogP contribution in [0.5, 0.6) is 0 Å². The molecule has 0 radical (unpaired) electrons. The van der Waals surface area contributed by atoms with Gasteiger partial charge >= 0.3 is 0 Å². The number of rotatable bonds is 1. The van der Waals surface area contributed by atoms with E-state index in [-0.39, 0.29) is 10.7 Å². The second kappa shape index (κ2) is 3.84. The van der Waals surface area contributed by atoms with Crippen LogP contribution in [0.2, 0.25) is 5.02 Å². The summed E-state index contributed by atoms with van der Waals surface area (Å²) < 4.78 is 12.9. The summed E-state index contributed by atoms with van der Waals surface area (Å²) in [6.07, 6.45) is 3.76. The Hall–Kier alpha value is -1.40. The summed E-state index contributed by atoms with van der Waals surface area (Å²) in [6, 6.07) is 2.88. The molecule has 0 amide bonds. The molecule has 0 aliphatic carbocycles. The fourth-order valence-electron chi connectivity index (χ4n) is 0.664. The zero-order chi connectivity index (χ0) is 8.97. The van der Waals surface area contributed by atoms with Gasteiger partial charge in [-0.05, 0) is 12.1 Å². The monoisotopic (exact) mass is 182 g/mol. The number of allylic oxidation sites excluding steroid dienone is 1. The fourth-order valence-corrected chi connectivity index (χ4v) is 0.809. The summed E-state index contributed by atoms with van der Waals surface area (Å²) in [7, 11) is 0. The van der Waals surface area contributed by atoms with E-state index in [1.54, 1.807) is 6.07 Å². The summed E-state index contributed by atoms with van der Waals surface area (Å²) in [4.78, 5) is 3.67. The van der Waals surface area contributed by atoms with Gasteiger partial charge in [0.05, 0.1) is 16.8 Å². The highest BCUT2D eigenvalue weighted by atomic mass is 35.5. The average Bonchev–Trinajstić information content (AvgIpc) is 2.03. The predicted molar refractivity (Wildman–Crippen MR) is 43.9 cm³/mol. The van der Waals surface area contributed by atoms with Crippen LogP contribution in [0.4, 0.5) is 4.39 Å². The molecule has 0 saturated carbocycles. The minimum Gasteiger partial charge on any atom is -0.252 e. The van der Waals surface area contributed by atoms with Crippen LogP contribution in [-0.4, -0.2) is 4.98 Å². The third-order valence-electron chi connectivity index (χ3n) is 1.15. The smallest absolute Gasteiger partial charge is 0.150 e. The zero-order valence-corrected chi connectivity index (χ0v) is 6.72. The van der Waals surface area contributed by atoms with Crippen molar-refractivity contribution in [3.05, 3.63) is 34.9 Å². The quantitative estimate of drug-likeness (QED) is 0.626. The van der Waals surface area contributed by atoms with E-state index in [1.165, 1.54) is 12.3 Å². The van der Waals surface area contributed by atoms with E-state index in [0.717, 1.165) is 12.1 Å². The molecule has 0 N–H and O–H groups in total. The van der Waals surface area contributed by atoms with Gasteiger partial charge in [-0.2, -0.15) is 5.26 Å². The Morgan fingerprint density at radius 3 is 3.00 bits per heavy atom. The summed E-state index contributed by atoms with van der Waals surface area (Å²) in [5.74, 6) is -0.533. The molecular weight excluding hydrogens is 179 g/mol. The van der Waals surface area contributed by atoms with Crippen molar-refractivity contribution in [2.75, 3.05) is 0 Å². The summed E-state index contributed by atoms with van der Waals surface area (Å²) >= 11 is 5.46. The van der Waals surface area contributed by atoms with Gasteiger partial charge in [0, 0.05) is 12.3 Å². The first-order valence-electron chi connectivity index (χ1n) is 3.11. The van der Waals surface area contributed by atoms with Crippen LogP contribution < -0.4 is 0 Å². The van der Waals surface area contributed by atoms with Gasteiger partial charge in [0.15, 0.2) is 0 Å². The summed E-state index contributed by atoms with van der Waals surface area (Å²) in [5.41, 5.74) is 0.112. The van der Waals surface area contributed by atoms with Crippen molar-refractivity contribution in [2.45, 2.75) is 0 Å². The van der Waals surface area contributed by atoms with Crippen LogP contribution >= 0.6 is 11.6 Å². The maximum Gasteiger partial charge on any atom is 0.150 e. The number of nitriles is 1. The lowest BCUT2D eigenvalue weighted by Gasteiger charge is -1.94. The van der Waals surface area contributed by atoms with Crippen LogP contribution in [0.25, 0.3) is 6.08 Å². The molecule has 0 spiro atoms. The van der Waals surface area contributed by atoms with Crippen molar-refractivity contribution in [3.63, 3.8) is 0 Å². The Morgan fingerprint density at radius 1 is 1.67 bits per heavy atom. The van der Waals surface area contributed by atoms with E-state index in [1.807, 2.05) is 0 Å². The Kier molecular flexibility index (Phi) is 2.78. The SMILES string of the molecule is N#CC=Cc1ncc(Cl)cc1F. The number of hydrogen-bond acceptors (Lipinski definition) is 2. The van der Waals surface area contributed by atoms with Gasteiger partial charge in [-0.15, -0.1) is 0 Å². The second-order valence-corrected chi connectivity index (χ2v) is 2.42. The van der Waals surface area contributed by atoms with Crippen molar-refractivity contribution in [1.82, 2.24) is 4.98 Å². The van der Waals surface area contributed by atoms with Crippen LogP contribution in [0.1, 0.15) is 5.69 Å². The second-order valence-electron chi connectivity index (χ2n) is 1.98. The van der Waals surface area contributed by atoms with Crippen LogP contribution in [-0.2, 0) is 0 Å². The molecule has 1 aromatic rings. The first-order valence-corrected chi connectivity index (χ1v) is 3.49. The highest BCUT2D eigenvalue weighted by molar-refractivity contribution is 6.30. The Labute approximate surface area is 73.9 Å². The lowest BCUT2D eigenvalue weighted by atomic mass is 10.3. The molecule has 60 valence electrons. The topological polar surface area (TPSA) is 36.7 Å². The van der Waals surface area contributed by atoms with Crippen molar-refractivity contribution in [1.29, 1.82) is 5.26 Å². The zero-order valence-electron chi connectivity index (χ0n) is 5.96. The first kappa shape index (κ1) is 8.69. The molecule has 0 aromatic carbocycles. The van der Waals surface area contributed by atoms with Crippen LogP contribution in [0.15, 0.2) is 18.3 Å². The average molecular weight is 183 g/mol. The molecule has 1 aromatic heterocycles. The van der Waals surface area contributed by atoms with Gasteiger partial charge in [-0.1, -0.05) is 11.6 Å². The van der Waals surface area contributed by atoms with Crippen molar-refractivity contribution < 1.29 is 4.39 Å². The van der Waals surface area contributed by atoms with Gasteiger partial charge in [-0.3, -0.25) is 4.98 Å². The Bertz CT molecular complexity index is 355. The number of hydrogen-bond donors (Lipinski definition) is 0. The Balaban J connectivity index is 3.03. The Morgan fingerprint density at radius 2 is 2.42 bits per heavy atom. The number of halogens is 2. The number of pyridine rings is 1. The van der Waals surface area contributed by atoms with Gasteiger partial charge in [0.2, 0.25) is 0 Å². The van der Waals surface area contributed by atoms with E-state index in [9.17, 15) is 4.39 Å². The molecule has 0 fully saturated rings. The molecule has 0 atom stereocenters. The highest BCUT2D eigenvalue weighted by Gasteiger charge is 1.99. The highest BCUT2D eigenvalue weighted by Crippen LogP contribution is 2.12. The van der Waals surface area contributed by atoms with E-state index >= 15 is 0 Å². The summed E-state index contributed by atoms with van der Waals surface area (Å²) in [5, 5.41) is 8.40. The molecular formula is C8H4ClFN2. The van der Waals surface area contributed by atoms with Crippen molar-refractivity contribution in [2.24, 2.45) is 0 Å². The molecule has 0 saturated heterocycles. The molecule has 12 heavy (non-hydrogen) atoms. The van der Waals surface area contributed by atoms with Gasteiger partial charge in [-0.25, -0.2) is 4.39 Å². The van der Waals surface area contributed by atoms with E-state index < -0.39 is 5.82 Å². The molecule has 1 heterocycles. The van der Waals surface area contributed by atoms with Crippen molar-refractivity contribution >= 4 is 17.7 Å². The molecule has 0 bridgehead atoms. The van der Waals surface area contributed by atoms with E-state index in [2.05, 4.69) is 4.98 Å². The van der Waals surface area contributed by atoms with Crippen molar-refractivity contribution in [3.8, 4) is 6.07 Å². The van der Waals surface area contributed by atoms with E-state index in [4.69, 9.17) is 16.9 Å². The third-order valence-corrected chi connectivity index (χ3v) is 1.36. The molecule has 0 aliphatic rings. The largest absolute Gasteiger partial charge is 0.252 e. The minimum atomic E-state index is -0.533. The van der Waals surface area contributed by atoms with E-state index in [0.29, 0.717) is 0 Å². The fraction of sp³-hybridized carbons (Fsp3) is 0. The lowest BCUT2D eigenvalue weighted by molar-refractivity contribution is 0.618. The number of aromatic nitrogens is 1. The number of nitrogens with zero attached hydrogens (tertiary/aromatic N) is 2. The maximum absolute atomic E-state index is 12.9. The molecule has 0 aliphatic heterocycles. The van der Waals surface area contributed by atoms with Gasteiger partial charge < -0.3 is 0 Å². The molecule has 1 rings (SSSR count). The third kappa shape index (κ3) is 2.04. The molecule has 0 unspecified atom stereocenters. The van der Waals surface area contributed by atoms with Crippen LogP contribution in [0.3, 0.4) is 0 Å². The molecule has 4 heteroatoms. The normalized spacial score (nSPS) is 10.1. The minimum absolute atomic E-state index is 0.112. The van der Waals surface area contributed by atoms with Gasteiger partial charge in [0.1, 0.15) is 5.82 Å². The van der Waals surface area contributed by atoms with Crippen LogP contribution in [0, 0.1) is 17.1 Å². The molecule has 2 nitrogen and oxygen atoms in total. The maximum atomic E-state index is 12.9. The van der Waals surface area contributed by atoms with Gasteiger partial charge in [0.25, 0.3) is 0 Å². The first-order chi connectivity index (χ1) is 5.74.